The third-order valence-electron chi connectivity index (χ3n) is 8.16. The highest BCUT2D eigenvalue weighted by atomic mass is 16.3. The summed E-state index contributed by atoms with van der Waals surface area (Å²) >= 11 is 0. The summed E-state index contributed by atoms with van der Waals surface area (Å²) in [6.45, 7) is 8.73. The average Bonchev–Trinajstić information content (AvgIpc) is 2.96. The van der Waals surface area contributed by atoms with E-state index in [0.717, 1.165) is 42.7 Å². The van der Waals surface area contributed by atoms with Gasteiger partial charge in [0.25, 0.3) is 0 Å². The maximum absolute atomic E-state index is 9.59. The van der Waals surface area contributed by atoms with Crippen LogP contribution in [0.1, 0.15) is 44.5 Å². The van der Waals surface area contributed by atoms with Gasteiger partial charge in [-0.3, -0.25) is 0 Å². The Morgan fingerprint density at radius 2 is 0.805 bits per heavy atom. The van der Waals surface area contributed by atoms with Crippen molar-refractivity contribution in [2.75, 3.05) is 4.90 Å². The molecule has 0 aliphatic carbocycles. The van der Waals surface area contributed by atoms with Gasteiger partial charge in [0.15, 0.2) is 0 Å². The van der Waals surface area contributed by atoms with Crippen LogP contribution in [0.3, 0.4) is 0 Å². The van der Waals surface area contributed by atoms with Crippen LogP contribution in [0.4, 0.5) is 17.1 Å². The normalized spacial score (nSPS) is 11.0. The number of hydrogen-bond donors (Lipinski definition) is 2. The van der Waals surface area contributed by atoms with Crippen LogP contribution in [-0.4, -0.2) is 10.2 Å². The number of phenols is 2. The van der Waals surface area contributed by atoms with Gasteiger partial charge in [-0.15, -0.1) is 0 Å². The van der Waals surface area contributed by atoms with E-state index in [1.807, 2.05) is 24.3 Å². The summed E-state index contributed by atoms with van der Waals surface area (Å²) in [5.74, 6) is 0.614. The quantitative estimate of drug-likeness (QED) is 0.195. The van der Waals surface area contributed by atoms with E-state index in [1.165, 1.54) is 44.5 Å². The summed E-state index contributed by atoms with van der Waals surface area (Å²) in [5, 5.41) is 19.2. The molecule has 5 aromatic carbocycles. The van der Waals surface area contributed by atoms with Gasteiger partial charge in [0.1, 0.15) is 11.5 Å². The van der Waals surface area contributed by atoms with Crippen LogP contribution < -0.4 is 4.90 Å². The van der Waals surface area contributed by atoms with Crippen molar-refractivity contribution in [1.29, 1.82) is 0 Å². The Morgan fingerprint density at radius 1 is 0.415 bits per heavy atom. The van der Waals surface area contributed by atoms with Crippen molar-refractivity contribution in [3.05, 3.63) is 148 Å². The van der Waals surface area contributed by atoms with Crippen molar-refractivity contribution in [2.24, 2.45) is 0 Å². The van der Waals surface area contributed by atoms with E-state index < -0.39 is 0 Å². The number of hydrogen-bond acceptors (Lipinski definition) is 3. The first kappa shape index (κ1) is 28.0. The number of phenolic OH excluding ortho intramolecular Hbond substituents is 2. The first-order valence-electron chi connectivity index (χ1n) is 14.4. The Labute approximate surface area is 244 Å². The van der Waals surface area contributed by atoms with Gasteiger partial charge in [0.05, 0.1) is 0 Å². The lowest BCUT2D eigenvalue weighted by atomic mass is 9.98. The van der Waals surface area contributed by atoms with Crippen molar-refractivity contribution in [3.8, 4) is 11.5 Å². The van der Waals surface area contributed by atoms with Crippen LogP contribution >= 0.6 is 0 Å². The largest absolute Gasteiger partial charge is 0.508 e. The Balaban J connectivity index is 1.42. The molecule has 0 aromatic heterocycles. The van der Waals surface area contributed by atoms with E-state index in [-0.39, 0.29) is 0 Å². The Morgan fingerprint density at radius 3 is 1.20 bits per heavy atom. The van der Waals surface area contributed by atoms with Crippen LogP contribution in [0.5, 0.6) is 11.5 Å². The molecule has 5 rings (SSSR count). The molecule has 0 saturated heterocycles. The average molecular weight is 542 g/mol. The van der Waals surface area contributed by atoms with Crippen LogP contribution in [0, 0.1) is 27.7 Å². The Kier molecular flexibility index (Phi) is 8.45. The number of aromatic hydroxyl groups is 2. The van der Waals surface area contributed by atoms with Crippen LogP contribution in [0.15, 0.2) is 103 Å². The lowest BCUT2D eigenvalue weighted by Crippen LogP contribution is -2.12. The molecule has 0 spiro atoms. The van der Waals surface area contributed by atoms with Crippen molar-refractivity contribution in [2.45, 2.75) is 53.4 Å². The number of rotatable bonds is 9. The van der Waals surface area contributed by atoms with Gasteiger partial charge in [0.2, 0.25) is 0 Å². The first-order chi connectivity index (χ1) is 19.8. The number of nitrogens with zero attached hydrogens (tertiary/aromatic N) is 1. The molecule has 41 heavy (non-hydrogen) atoms. The number of anilines is 3. The second kappa shape index (κ2) is 12.3. The van der Waals surface area contributed by atoms with E-state index in [2.05, 4.69) is 87.2 Å². The lowest BCUT2D eigenvalue weighted by Gasteiger charge is -2.28. The zero-order valence-corrected chi connectivity index (χ0v) is 24.5. The van der Waals surface area contributed by atoms with E-state index in [4.69, 9.17) is 0 Å². The Bertz CT molecular complexity index is 1540. The maximum Gasteiger partial charge on any atom is 0.115 e. The molecule has 0 fully saturated rings. The summed E-state index contributed by atoms with van der Waals surface area (Å²) in [4.78, 5) is 2.36. The minimum Gasteiger partial charge on any atom is -0.508 e. The van der Waals surface area contributed by atoms with E-state index in [1.54, 1.807) is 24.3 Å². The molecule has 0 unspecified atom stereocenters. The molecule has 5 aromatic rings. The van der Waals surface area contributed by atoms with Crippen molar-refractivity contribution in [3.63, 3.8) is 0 Å². The summed E-state index contributed by atoms with van der Waals surface area (Å²) in [6, 6.07) is 35.3. The zero-order chi connectivity index (χ0) is 28.9. The molecule has 0 radical (unpaired) electrons. The van der Waals surface area contributed by atoms with E-state index in [0.29, 0.717) is 11.5 Å². The van der Waals surface area contributed by atoms with Gasteiger partial charge >= 0.3 is 0 Å². The summed E-state index contributed by atoms with van der Waals surface area (Å²) in [6.07, 6.45) is 3.78. The third kappa shape index (κ3) is 6.81. The van der Waals surface area contributed by atoms with Gasteiger partial charge in [-0.05, 0) is 159 Å². The van der Waals surface area contributed by atoms with E-state index >= 15 is 0 Å². The fraction of sp³-hybridized carbons (Fsp3) is 0.211. The molecule has 2 N–H and O–H groups in total. The number of benzene rings is 5. The first-order valence-corrected chi connectivity index (χ1v) is 14.4. The van der Waals surface area contributed by atoms with Crippen molar-refractivity contribution < 1.29 is 10.2 Å². The minimum atomic E-state index is 0.307. The molecular weight excluding hydrogens is 502 g/mol. The van der Waals surface area contributed by atoms with Gasteiger partial charge in [-0.2, -0.15) is 0 Å². The fourth-order valence-corrected chi connectivity index (χ4v) is 5.39. The smallest absolute Gasteiger partial charge is 0.115 e. The molecule has 0 bridgehead atoms. The van der Waals surface area contributed by atoms with Gasteiger partial charge in [-0.25, -0.2) is 0 Å². The van der Waals surface area contributed by atoms with Gasteiger partial charge < -0.3 is 15.1 Å². The molecule has 3 nitrogen and oxygen atoms in total. The standard InChI is InChI=1S/C38H39NO2/c1-26-5-16-34(23-27(26)2)39(35-17-14-32(28(3)24-35)12-6-30-8-19-37(40)20-9-30)36-18-15-33(29(4)25-36)13-7-31-10-21-38(41)22-11-31/h5,8-11,14-25,40-41H,6-7,12-13H2,1-4H3. The molecule has 0 atom stereocenters. The van der Waals surface area contributed by atoms with Crippen LogP contribution in [-0.2, 0) is 25.7 Å². The second-order valence-corrected chi connectivity index (χ2v) is 11.2. The summed E-state index contributed by atoms with van der Waals surface area (Å²) in [7, 11) is 0. The fourth-order valence-electron chi connectivity index (χ4n) is 5.39. The topological polar surface area (TPSA) is 43.7 Å². The van der Waals surface area contributed by atoms with Crippen LogP contribution in [0.25, 0.3) is 0 Å². The predicted molar refractivity (Wildman–Crippen MR) is 171 cm³/mol. The molecule has 0 aliphatic rings. The highest BCUT2D eigenvalue weighted by Gasteiger charge is 2.16. The lowest BCUT2D eigenvalue weighted by molar-refractivity contribution is 0.474. The molecule has 3 heteroatoms. The van der Waals surface area contributed by atoms with Crippen molar-refractivity contribution >= 4 is 17.1 Å². The van der Waals surface area contributed by atoms with Gasteiger partial charge in [-0.1, -0.05) is 42.5 Å². The molecule has 0 amide bonds. The zero-order valence-electron chi connectivity index (χ0n) is 24.5. The highest BCUT2D eigenvalue weighted by Crippen LogP contribution is 2.37. The Hall–Kier alpha value is -4.50. The minimum absolute atomic E-state index is 0.307. The maximum atomic E-state index is 9.59. The predicted octanol–water partition coefficient (Wildman–Crippen LogP) is 9.37. The molecular formula is C38H39NO2. The molecule has 0 saturated carbocycles. The molecule has 0 heterocycles. The van der Waals surface area contributed by atoms with E-state index in [9.17, 15) is 10.2 Å². The van der Waals surface area contributed by atoms with Crippen LogP contribution in [0.2, 0.25) is 0 Å². The monoisotopic (exact) mass is 541 g/mol. The SMILES string of the molecule is Cc1ccc(N(c2ccc(CCc3ccc(O)cc3)c(C)c2)c2ccc(CCc3ccc(O)cc3)c(C)c2)cc1C. The number of aryl methyl sites for hydroxylation is 8. The summed E-state index contributed by atoms with van der Waals surface area (Å²) in [5.41, 5.74) is 13.7. The highest BCUT2D eigenvalue weighted by molar-refractivity contribution is 5.78. The third-order valence-corrected chi connectivity index (χ3v) is 8.16. The second-order valence-electron chi connectivity index (χ2n) is 11.2. The molecule has 208 valence electrons. The summed E-state index contributed by atoms with van der Waals surface area (Å²) < 4.78 is 0. The van der Waals surface area contributed by atoms with Gasteiger partial charge in [0, 0.05) is 17.1 Å². The molecule has 0 aliphatic heterocycles. The van der Waals surface area contributed by atoms with Crippen molar-refractivity contribution in [1.82, 2.24) is 0 Å².